The number of carbonyl (C=O) groups is 2. The molecule has 0 saturated carbocycles. The van der Waals surface area contributed by atoms with Gasteiger partial charge < -0.3 is 9.84 Å². The van der Waals surface area contributed by atoms with Crippen molar-refractivity contribution >= 4 is 38.8 Å². The summed E-state index contributed by atoms with van der Waals surface area (Å²) in [5.74, 6) is -1.45. The molecule has 0 radical (unpaired) electrons. The first-order valence-corrected chi connectivity index (χ1v) is 10.1. The number of imide groups is 1. The van der Waals surface area contributed by atoms with Gasteiger partial charge in [-0.25, -0.2) is 19.1 Å². The lowest BCUT2D eigenvalue weighted by atomic mass is 10.1. The monoisotopic (exact) mass is 500 g/mol. The summed E-state index contributed by atoms with van der Waals surface area (Å²) in [5.41, 5.74) is -0.177. The molecule has 1 unspecified atom stereocenters. The van der Waals surface area contributed by atoms with Crippen molar-refractivity contribution in [3.8, 4) is 17.5 Å². The van der Waals surface area contributed by atoms with Crippen LogP contribution in [0.25, 0.3) is 16.6 Å². The number of nitriles is 1. The Morgan fingerprint density at radius 2 is 2.09 bits per heavy atom. The third kappa shape index (κ3) is 3.38. The van der Waals surface area contributed by atoms with Gasteiger partial charge in [0.1, 0.15) is 11.9 Å². The van der Waals surface area contributed by atoms with Crippen LogP contribution in [0.5, 0.6) is 5.75 Å². The van der Waals surface area contributed by atoms with Gasteiger partial charge in [0.25, 0.3) is 5.56 Å². The Morgan fingerprint density at radius 1 is 1.34 bits per heavy atom. The normalized spacial score (nSPS) is 15.8. The van der Waals surface area contributed by atoms with Crippen molar-refractivity contribution in [3.63, 3.8) is 0 Å². The van der Waals surface area contributed by atoms with Gasteiger partial charge in [0.2, 0.25) is 5.91 Å². The number of hydrogen-bond acceptors (Lipinski definition) is 6. The first-order chi connectivity index (χ1) is 15.3. The number of rotatable bonds is 3. The van der Waals surface area contributed by atoms with Crippen LogP contribution in [0.3, 0.4) is 0 Å². The van der Waals surface area contributed by atoms with Gasteiger partial charge in [-0.3, -0.25) is 14.2 Å². The summed E-state index contributed by atoms with van der Waals surface area (Å²) in [4.78, 5) is 42.6. The predicted molar refractivity (Wildman–Crippen MR) is 113 cm³/mol. The zero-order chi connectivity index (χ0) is 23.2. The van der Waals surface area contributed by atoms with Crippen molar-refractivity contribution in [2.45, 2.75) is 18.9 Å². The summed E-state index contributed by atoms with van der Waals surface area (Å²) in [5, 5.41) is 18.9. The molecule has 0 spiro atoms. The van der Waals surface area contributed by atoms with Crippen molar-refractivity contribution in [3.05, 3.63) is 62.4 Å². The third-order valence-electron chi connectivity index (χ3n) is 5.19. The number of carbonyl (C=O) groups excluding carboxylic acids is 1. The van der Waals surface area contributed by atoms with Crippen molar-refractivity contribution < 1.29 is 23.8 Å². The fourth-order valence-corrected chi connectivity index (χ4v) is 4.31. The highest BCUT2D eigenvalue weighted by atomic mass is 79.9. The first kappa shape index (κ1) is 21.5. The van der Waals surface area contributed by atoms with Gasteiger partial charge >= 0.3 is 6.09 Å². The summed E-state index contributed by atoms with van der Waals surface area (Å²) < 4.78 is 20.8. The largest absolute Gasteiger partial charge is 0.494 e. The Labute approximate surface area is 188 Å². The second kappa shape index (κ2) is 8.05. The predicted octanol–water partition coefficient (Wildman–Crippen LogP) is 3.51. The van der Waals surface area contributed by atoms with E-state index in [2.05, 4.69) is 20.9 Å². The molecule has 1 aliphatic heterocycles. The van der Waals surface area contributed by atoms with E-state index in [0.29, 0.717) is 9.37 Å². The third-order valence-corrected chi connectivity index (χ3v) is 5.80. The molecule has 4 rings (SSSR count). The van der Waals surface area contributed by atoms with E-state index in [0.717, 1.165) is 10.6 Å². The molecule has 2 aromatic carbocycles. The Hall–Kier alpha value is -3.78. The van der Waals surface area contributed by atoms with Gasteiger partial charge in [0.15, 0.2) is 11.6 Å². The molecule has 11 heteroatoms. The lowest BCUT2D eigenvalue weighted by molar-refractivity contribution is -0.127. The standard InChI is InChI=1S/C21H14BrFN4O5/c1-32-16-4-2-11(8-14(16)23)26-19(15-3-5-17(28)27(15)21(30)31)25-18-12(20(26)29)6-10(9-24)7-13(18)22/h2,4,6-8,15H,3,5H2,1H3,(H,30,31). The maximum atomic E-state index is 14.5. The molecule has 2 amide bonds. The molecule has 2 heterocycles. The van der Waals surface area contributed by atoms with Crippen LogP contribution in [0.15, 0.2) is 39.6 Å². The lowest BCUT2D eigenvalue weighted by Gasteiger charge is -2.23. The molecule has 0 aliphatic carbocycles. The highest BCUT2D eigenvalue weighted by molar-refractivity contribution is 9.10. The van der Waals surface area contributed by atoms with Gasteiger partial charge in [-0.1, -0.05) is 0 Å². The second-order valence-corrected chi connectivity index (χ2v) is 7.85. The van der Waals surface area contributed by atoms with Crippen LogP contribution in [-0.4, -0.2) is 38.7 Å². The molecule has 3 aromatic rings. The average Bonchev–Trinajstić information content (AvgIpc) is 3.15. The fraction of sp³-hybridized carbons (Fsp3) is 0.190. The minimum atomic E-state index is -1.47. The van der Waals surface area contributed by atoms with Crippen LogP contribution in [0, 0.1) is 17.1 Å². The topological polar surface area (TPSA) is 126 Å². The molecule has 32 heavy (non-hydrogen) atoms. The van der Waals surface area contributed by atoms with Crippen LogP contribution in [0.2, 0.25) is 0 Å². The minimum absolute atomic E-state index is 0.0364. The summed E-state index contributed by atoms with van der Waals surface area (Å²) in [6.07, 6.45) is -1.41. The molecule has 1 fully saturated rings. The van der Waals surface area contributed by atoms with E-state index >= 15 is 0 Å². The Morgan fingerprint density at radius 3 is 2.72 bits per heavy atom. The fourth-order valence-electron chi connectivity index (χ4n) is 3.76. The second-order valence-electron chi connectivity index (χ2n) is 7.00. The Kier molecular flexibility index (Phi) is 5.40. The highest BCUT2D eigenvalue weighted by Crippen LogP contribution is 2.34. The van der Waals surface area contributed by atoms with Crippen molar-refractivity contribution in [2.24, 2.45) is 0 Å². The highest BCUT2D eigenvalue weighted by Gasteiger charge is 2.40. The summed E-state index contributed by atoms with van der Waals surface area (Å²) in [6.45, 7) is 0. The van der Waals surface area contributed by atoms with Crippen molar-refractivity contribution in [2.75, 3.05) is 7.11 Å². The zero-order valence-electron chi connectivity index (χ0n) is 16.5. The quantitative estimate of drug-likeness (QED) is 0.582. The minimum Gasteiger partial charge on any atom is -0.494 e. The smallest absolute Gasteiger partial charge is 0.414 e. The number of ether oxygens (including phenoxy) is 1. The zero-order valence-corrected chi connectivity index (χ0v) is 18.1. The summed E-state index contributed by atoms with van der Waals surface area (Å²) >= 11 is 3.30. The SMILES string of the molecule is COc1ccc(-n2c(C3CCC(=O)N3C(=O)O)nc3c(Br)cc(C#N)cc3c2=O)cc1F. The van der Waals surface area contributed by atoms with E-state index in [1.807, 2.05) is 6.07 Å². The number of aromatic nitrogens is 2. The molecule has 1 saturated heterocycles. The molecule has 1 atom stereocenters. The van der Waals surface area contributed by atoms with Gasteiger partial charge in [-0.05, 0) is 46.6 Å². The number of halogens is 2. The lowest BCUT2D eigenvalue weighted by Crippen LogP contribution is -2.36. The Bertz CT molecular complexity index is 1400. The molecule has 0 bridgehead atoms. The molecular weight excluding hydrogens is 487 g/mol. The number of methoxy groups -OCH3 is 1. The van der Waals surface area contributed by atoms with E-state index in [1.165, 1.54) is 31.4 Å². The van der Waals surface area contributed by atoms with Gasteiger partial charge in [-0.2, -0.15) is 5.26 Å². The number of likely N-dealkylation sites (tertiary alicyclic amines) is 1. The van der Waals surface area contributed by atoms with E-state index < -0.39 is 29.4 Å². The van der Waals surface area contributed by atoms with Crippen LogP contribution in [-0.2, 0) is 4.79 Å². The van der Waals surface area contributed by atoms with Crippen LogP contribution in [0.1, 0.15) is 30.3 Å². The molecule has 1 aromatic heterocycles. The first-order valence-electron chi connectivity index (χ1n) is 9.32. The van der Waals surface area contributed by atoms with E-state index in [9.17, 15) is 29.1 Å². The van der Waals surface area contributed by atoms with Crippen molar-refractivity contribution in [1.29, 1.82) is 5.26 Å². The van der Waals surface area contributed by atoms with E-state index in [-0.39, 0.29) is 46.6 Å². The van der Waals surface area contributed by atoms with Crippen LogP contribution >= 0.6 is 15.9 Å². The molecule has 9 nitrogen and oxygen atoms in total. The van der Waals surface area contributed by atoms with Gasteiger partial charge in [0, 0.05) is 17.0 Å². The maximum Gasteiger partial charge on any atom is 0.414 e. The number of fused-ring (bicyclic) bond motifs is 1. The summed E-state index contributed by atoms with van der Waals surface area (Å²) in [7, 11) is 1.29. The van der Waals surface area contributed by atoms with Gasteiger partial charge in [0.05, 0.1) is 35.3 Å². The van der Waals surface area contributed by atoms with Crippen molar-refractivity contribution in [1.82, 2.24) is 14.5 Å². The molecule has 162 valence electrons. The number of carboxylic acid groups (broad SMARTS) is 1. The number of hydrogen-bond donors (Lipinski definition) is 1. The van der Waals surface area contributed by atoms with E-state index in [4.69, 9.17) is 4.74 Å². The molecule has 1 N–H and O–H groups in total. The summed E-state index contributed by atoms with van der Waals surface area (Å²) in [6, 6.07) is 7.53. The van der Waals surface area contributed by atoms with E-state index in [1.54, 1.807) is 0 Å². The van der Waals surface area contributed by atoms with Crippen LogP contribution in [0.4, 0.5) is 9.18 Å². The van der Waals surface area contributed by atoms with Crippen LogP contribution < -0.4 is 10.3 Å². The maximum absolute atomic E-state index is 14.5. The average molecular weight is 501 g/mol. The Balaban J connectivity index is 2.09. The number of benzene rings is 2. The van der Waals surface area contributed by atoms with Gasteiger partial charge in [-0.15, -0.1) is 0 Å². The molecule has 1 aliphatic rings. The number of nitrogens with zero attached hydrogens (tertiary/aromatic N) is 4. The number of amides is 2. The molecular formula is C21H14BrFN4O5.